The molecule has 0 saturated carbocycles. The molecule has 1 fully saturated rings. The third-order valence-electron chi connectivity index (χ3n) is 6.45. The van der Waals surface area contributed by atoms with Crippen molar-refractivity contribution in [3.63, 3.8) is 0 Å². The maximum atomic E-state index is 15.1. The number of hydrogen-bond donors (Lipinski definition) is 1. The van der Waals surface area contributed by atoms with E-state index in [2.05, 4.69) is 0 Å². The predicted molar refractivity (Wildman–Crippen MR) is 136 cm³/mol. The number of methoxy groups -OCH3 is 2. The molecule has 1 heterocycles. The number of carbonyl (C=O) groups excluding carboxylic acids is 2. The Labute approximate surface area is 209 Å². The number of rotatable bonds is 6. The lowest BCUT2D eigenvalue weighted by Gasteiger charge is -2.26. The van der Waals surface area contributed by atoms with Gasteiger partial charge in [0.05, 0.1) is 25.8 Å². The van der Waals surface area contributed by atoms with Crippen molar-refractivity contribution in [3.05, 3.63) is 94.3 Å². The van der Waals surface area contributed by atoms with Gasteiger partial charge in [0.2, 0.25) is 0 Å². The number of aliphatic hydroxyl groups excluding tert-OH is 1. The predicted octanol–water partition coefficient (Wildman–Crippen LogP) is 5.90. The summed E-state index contributed by atoms with van der Waals surface area (Å²) in [6, 6.07) is 14.8. The van der Waals surface area contributed by atoms with Crippen LogP contribution in [0.1, 0.15) is 48.1 Å². The molecule has 7 heteroatoms. The molecule has 0 bridgehead atoms. The van der Waals surface area contributed by atoms with Gasteiger partial charge < -0.3 is 14.6 Å². The first-order valence-corrected chi connectivity index (χ1v) is 11.6. The Bertz CT molecular complexity index is 1360. The maximum Gasteiger partial charge on any atom is 0.300 e. The number of Topliss-reactive ketones (excluding diaryl/α,β-unsaturated/α-hetero) is 1. The highest BCUT2D eigenvalue weighted by molar-refractivity contribution is 6.51. The summed E-state index contributed by atoms with van der Waals surface area (Å²) >= 11 is 0. The first kappa shape index (κ1) is 25.0. The van der Waals surface area contributed by atoms with Gasteiger partial charge in [-0.15, -0.1) is 0 Å². The lowest BCUT2D eigenvalue weighted by molar-refractivity contribution is -0.132. The molecule has 0 aromatic heterocycles. The molecule has 6 nitrogen and oxygen atoms in total. The van der Waals surface area contributed by atoms with E-state index in [0.29, 0.717) is 28.3 Å². The summed E-state index contributed by atoms with van der Waals surface area (Å²) < 4.78 is 25.8. The zero-order chi connectivity index (χ0) is 26.1. The number of aliphatic hydroxyl groups is 1. The van der Waals surface area contributed by atoms with Crippen molar-refractivity contribution < 1.29 is 28.6 Å². The van der Waals surface area contributed by atoms with Crippen LogP contribution in [-0.4, -0.2) is 31.0 Å². The number of benzene rings is 3. The average molecular weight is 490 g/mol. The molecule has 1 unspecified atom stereocenters. The average Bonchev–Trinajstić information content (AvgIpc) is 3.13. The fourth-order valence-corrected chi connectivity index (χ4v) is 4.56. The Morgan fingerprint density at radius 3 is 2.25 bits per heavy atom. The molecule has 4 rings (SSSR count). The Balaban J connectivity index is 1.99. The molecule has 1 saturated heterocycles. The van der Waals surface area contributed by atoms with Crippen LogP contribution in [0.5, 0.6) is 11.5 Å². The molecule has 1 N–H and O–H groups in total. The normalized spacial score (nSPS) is 17.1. The van der Waals surface area contributed by atoms with Crippen LogP contribution in [-0.2, 0) is 9.59 Å². The van der Waals surface area contributed by atoms with Crippen molar-refractivity contribution in [1.29, 1.82) is 0 Å². The molecule has 36 heavy (non-hydrogen) atoms. The number of carbonyl (C=O) groups is 2. The molecule has 3 aromatic carbocycles. The number of hydrogen-bond acceptors (Lipinski definition) is 5. The van der Waals surface area contributed by atoms with E-state index in [-0.39, 0.29) is 22.8 Å². The number of aryl methyl sites for hydroxylation is 1. The van der Waals surface area contributed by atoms with Gasteiger partial charge in [-0.2, -0.15) is 0 Å². The van der Waals surface area contributed by atoms with Gasteiger partial charge in [0.15, 0.2) is 0 Å². The highest BCUT2D eigenvalue weighted by atomic mass is 19.1. The van der Waals surface area contributed by atoms with Crippen molar-refractivity contribution in [1.82, 2.24) is 0 Å². The molecule has 186 valence electrons. The van der Waals surface area contributed by atoms with Crippen LogP contribution in [0.3, 0.4) is 0 Å². The Morgan fingerprint density at radius 1 is 1.00 bits per heavy atom. The van der Waals surface area contributed by atoms with Crippen LogP contribution in [0.2, 0.25) is 0 Å². The third kappa shape index (κ3) is 4.21. The zero-order valence-electron chi connectivity index (χ0n) is 20.8. The van der Waals surface area contributed by atoms with E-state index < -0.39 is 23.5 Å². The summed E-state index contributed by atoms with van der Waals surface area (Å²) in [5.41, 5.74) is 2.16. The fraction of sp³-hybridized carbons (Fsp3) is 0.241. The summed E-state index contributed by atoms with van der Waals surface area (Å²) in [5, 5.41) is 11.5. The lowest BCUT2D eigenvalue weighted by Crippen LogP contribution is -2.29. The second-order valence-electron chi connectivity index (χ2n) is 8.95. The van der Waals surface area contributed by atoms with Gasteiger partial charge in [-0.05, 0) is 66.4 Å². The standard InChI is InChI=1S/C29H28FNO5/c1-16(2)21-15-22(17(3)14-24(21)36-5)27(32)25-26(20-8-6-7-9-23(20)30)31(29(34)28(25)33)18-10-12-19(35-4)13-11-18/h6-16,26,32H,1-5H3/b27-25+. The van der Waals surface area contributed by atoms with E-state index in [4.69, 9.17) is 9.47 Å². The van der Waals surface area contributed by atoms with E-state index >= 15 is 4.39 Å². The molecule has 0 spiro atoms. The van der Waals surface area contributed by atoms with Crippen molar-refractivity contribution in [2.45, 2.75) is 32.7 Å². The second kappa shape index (κ2) is 9.85. The third-order valence-corrected chi connectivity index (χ3v) is 6.45. The first-order valence-electron chi connectivity index (χ1n) is 11.6. The minimum absolute atomic E-state index is 0.0659. The molecular weight excluding hydrogens is 461 g/mol. The molecule has 3 aromatic rings. The van der Waals surface area contributed by atoms with Crippen LogP contribution in [0.25, 0.3) is 5.76 Å². The monoisotopic (exact) mass is 489 g/mol. The van der Waals surface area contributed by atoms with Crippen LogP contribution in [0.4, 0.5) is 10.1 Å². The van der Waals surface area contributed by atoms with E-state index in [9.17, 15) is 14.7 Å². The number of amides is 1. The smallest absolute Gasteiger partial charge is 0.300 e. The van der Waals surface area contributed by atoms with Gasteiger partial charge in [-0.3, -0.25) is 14.5 Å². The van der Waals surface area contributed by atoms with E-state index in [1.165, 1.54) is 30.2 Å². The van der Waals surface area contributed by atoms with Crippen LogP contribution in [0, 0.1) is 12.7 Å². The largest absolute Gasteiger partial charge is 0.507 e. The quantitative estimate of drug-likeness (QED) is 0.265. The Hall–Kier alpha value is -4.13. The minimum atomic E-state index is -1.16. The van der Waals surface area contributed by atoms with E-state index in [1.54, 1.807) is 56.5 Å². The van der Waals surface area contributed by atoms with E-state index in [1.807, 2.05) is 13.8 Å². The Morgan fingerprint density at radius 2 is 1.67 bits per heavy atom. The summed E-state index contributed by atoms with van der Waals surface area (Å²) in [5.74, 6) is -1.42. The zero-order valence-corrected chi connectivity index (χ0v) is 20.8. The number of ketones is 1. The maximum absolute atomic E-state index is 15.1. The van der Waals surface area contributed by atoms with Gasteiger partial charge in [-0.25, -0.2) is 4.39 Å². The highest BCUT2D eigenvalue weighted by Gasteiger charge is 2.48. The molecule has 1 amide bonds. The molecule has 1 aliphatic rings. The lowest BCUT2D eigenvalue weighted by atomic mass is 9.91. The van der Waals surface area contributed by atoms with Crippen LogP contribution in [0.15, 0.2) is 66.2 Å². The van der Waals surface area contributed by atoms with Gasteiger partial charge in [0.25, 0.3) is 11.7 Å². The molecule has 0 radical (unpaired) electrons. The first-order chi connectivity index (χ1) is 17.2. The summed E-state index contributed by atoms with van der Waals surface area (Å²) in [4.78, 5) is 27.9. The summed E-state index contributed by atoms with van der Waals surface area (Å²) in [6.07, 6.45) is 0. The topological polar surface area (TPSA) is 76.1 Å². The van der Waals surface area contributed by atoms with E-state index in [0.717, 1.165) is 5.56 Å². The van der Waals surface area contributed by atoms with Crippen LogP contribution >= 0.6 is 0 Å². The van der Waals surface area contributed by atoms with Gasteiger partial charge >= 0.3 is 0 Å². The minimum Gasteiger partial charge on any atom is -0.507 e. The van der Waals surface area contributed by atoms with Crippen LogP contribution < -0.4 is 14.4 Å². The van der Waals surface area contributed by atoms with Gasteiger partial charge in [0.1, 0.15) is 23.1 Å². The molecular formula is C29H28FNO5. The molecule has 0 aliphatic carbocycles. The fourth-order valence-electron chi connectivity index (χ4n) is 4.56. The van der Waals surface area contributed by atoms with Gasteiger partial charge in [0, 0.05) is 16.8 Å². The number of ether oxygens (including phenoxy) is 2. The second-order valence-corrected chi connectivity index (χ2v) is 8.95. The van der Waals surface area contributed by atoms with Gasteiger partial charge in [-0.1, -0.05) is 32.0 Å². The van der Waals surface area contributed by atoms with Crippen molar-refractivity contribution >= 4 is 23.1 Å². The number of nitrogens with zero attached hydrogens (tertiary/aromatic N) is 1. The number of anilines is 1. The van der Waals surface area contributed by atoms with Crippen molar-refractivity contribution in [3.8, 4) is 11.5 Å². The summed E-state index contributed by atoms with van der Waals surface area (Å²) in [7, 11) is 3.09. The highest BCUT2D eigenvalue weighted by Crippen LogP contribution is 2.44. The van der Waals surface area contributed by atoms with Crippen molar-refractivity contribution in [2.24, 2.45) is 0 Å². The van der Waals surface area contributed by atoms with Crippen molar-refractivity contribution in [2.75, 3.05) is 19.1 Å². The SMILES string of the molecule is COc1ccc(N2C(=O)C(=O)/C(=C(/O)c3cc(C(C)C)c(OC)cc3C)C2c2ccccc2F)cc1. The number of halogens is 1. The summed E-state index contributed by atoms with van der Waals surface area (Å²) in [6.45, 7) is 5.75. The Kier molecular flexibility index (Phi) is 6.84. The molecule has 1 aliphatic heterocycles. The molecule has 1 atom stereocenters.